The summed E-state index contributed by atoms with van der Waals surface area (Å²) in [4.78, 5) is 12.7. The molecule has 3 aromatic rings. The van der Waals surface area contributed by atoms with Crippen molar-refractivity contribution < 1.29 is 13.2 Å². The highest BCUT2D eigenvalue weighted by Gasteiger charge is 2.27. The number of nitrogens with one attached hydrogen (secondary N) is 1. The van der Waals surface area contributed by atoms with E-state index >= 15 is 0 Å². The largest absolute Gasteiger partial charge is 0.271 e. The van der Waals surface area contributed by atoms with E-state index in [1.165, 1.54) is 30.0 Å². The summed E-state index contributed by atoms with van der Waals surface area (Å²) in [5, 5.41) is 4.34. The molecule has 0 aliphatic heterocycles. The van der Waals surface area contributed by atoms with Crippen LogP contribution in [-0.4, -0.2) is 27.1 Å². The van der Waals surface area contributed by atoms with Crippen molar-refractivity contribution in [2.45, 2.75) is 31.6 Å². The fourth-order valence-electron chi connectivity index (χ4n) is 3.10. The Morgan fingerprint density at radius 3 is 2.33 bits per heavy atom. The SMILES string of the molecule is Cc1ccc(S(=O)(=O)N(CC(=O)N/N=C\c2ccc(C(C)C)cc2)c2cccc(Cl)c2)cc1. The van der Waals surface area contributed by atoms with Crippen LogP contribution in [0.3, 0.4) is 0 Å². The van der Waals surface area contributed by atoms with Crippen molar-refractivity contribution in [1.82, 2.24) is 5.43 Å². The number of carbonyl (C=O) groups excluding carboxylic acids is 1. The van der Waals surface area contributed by atoms with Crippen LogP contribution in [0.25, 0.3) is 0 Å². The number of rotatable bonds is 8. The van der Waals surface area contributed by atoms with Crippen molar-refractivity contribution in [3.05, 3.63) is 94.5 Å². The number of hydrogen-bond donors (Lipinski definition) is 1. The molecule has 33 heavy (non-hydrogen) atoms. The molecule has 0 radical (unpaired) electrons. The molecular weight excluding hydrogens is 458 g/mol. The molecule has 0 fully saturated rings. The van der Waals surface area contributed by atoms with Gasteiger partial charge in [0.2, 0.25) is 0 Å². The van der Waals surface area contributed by atoms with Gasteiger partial charge in [-0.25, -0.2) is 13.8 Å². The number of anilines is 1. The Hall–Kier alpha value is -3.16. The van der Waals surface area contributed by atoms with Crippen LogP contribution in [0.15, 0.2) is 82.8 Å². The lowest BCUT2D eigenvalue weighted by Gasteiger charge is -2.24. The van der Waals surface area contributed by atoms with Gasteiger partial charge in [0.1, 0.15) is 6.54 Å². The Morgan fingerprint density at radius 2 is 1.73 bits per heavy atom. The topological polar surface area (TPSA) is 78.8 Å². The number of carbonyl (C=O) groups is 1. The molecule has 0 aliphatic carbocycles. The molecule has 0 unspecified atom stereocenters. The number of sulfonamides is 1. The van der Waals surface area contributed by atoms with Crippen LogP contribution in [0.5, 0.6) is 0 Å². The van der Waals surface area contributed by atoms with Crippen molar-refractivity contribution >= 4 is 39.4 Å². The van der Waals surface area contributed by atoms with Gasteiger partial charge in [-0.2, -0.15) is 5.10 Å². The van der Waals surface area contributed by atoms with E-state index in [4.69, 9.17) is 11.6 Å². The maximum absolute atomic E-state index is 13.3. The third-order valence-corrected chi connectivity index (χ3v) is 7.02. The Kier molecular flexibility index (Phi) is 7.89. The number of hydrazone groups is 1. The van der Waals surface area contributed by atoms with Gasteiger partial charge >= 0.3 is 0 Å². The Labute approximate surface area is 200 Å². The molecule has 0 heterocycles. The van der Waals surface area contributed by atoms with Gasteiger partial charge in [-0.05, 0) is 54.3 Å². The maximum Gasteiger partial charge on any atom is 0.264 e. The molecule has 0 atom stereocenters. The summed E-state index contributed by atoms with van der Waals surface area (Å²) in [7, 11) is -4.01. The van der Waals surface area contributed by atoms with E-state index in [0.29, 0.717) is 10.9 Å². The average Bonchev–Trinajstić information content (AvgIpc) is 2.78. The van der Waals surface area contributed by atoms with Crippen molar-refractivity contribution in [3.63, 3.8) is 0 Å². The fourth-order valence-corrected chi connectivity index (χ4v) is 4.69. The van der Waals surface area contributed by atoms with E-state index in [1.54, 1.807) is 30.3 Å². The van der Waals surface area contributed by atoms with Gasteiger partial charge in [0, 0.05) is 5.02 Å². The quantitative estimate of drug-likeness (QED) is 0.357. The maximum atomic E-state index is 13.3. The molecule has 8 heteroatoms. The summed E-state index contributed by atoms with van der Waals surface area (Å²) in [5.74, 6) is -0.163. The highest BCUT2D eigenvalue weighted by Crippen LogP contribution is 2.26. The van der Waals surface area contributed by atoms with E-state index in [9.17, 15) is 13.2 Å². The summed E-state index contributed by atoms with van der Waals surface area (Å²) in [6, 6.07) is 20.6. The normalized spacial score (nSPS) is 11.7. The monoisotopic (exact) mass is 483 g/mol. The third-order valence-electron chi connectivity index (χ3n) is 5.00. The van der Waals surface area contributed by atoms with Gasteiger partial charge in [-0.1, -0.05) is 73.5 Å². The zero-order valence-corrected chi connectivity index (χ0v) is 20.3. The van der Waals surface area contributed by atoms with Crippen molar-refractivity contribution in [2.24, 2.45) is 5.10 Å². The average molecular weight is 484 g/mol. The second-order valence-electron chi connectivity index (χ2n) is 7.92. The number of amides is 1. The molecule has 0 saturated carbocycles. The first-order valence-corrected chi connectivity index (χ1v) is 12.3. The molecule has 3 aromatic carbocycles. The number of nitrogens with zero attached hydrogens (tertiary/aromatic N) is 2. The van der Waals surface area contributed by atoms with Crippen molar-refractivity contribution in [2.75, 3.05) is 10.8 Å². The minimum absolute atomic E-state index is 0.0784. The molecular formula is C25H26ClN3O3S. The van der Waals surface area contributed by atoms with Crippen LogP contribution in [0.4, 0.5) is 5.69 Å². The highest BCUT2D eigenvalue weighted by atomic mass is 35.5. The Morgan fingerprint density at radius 1 is 1.06 bits per heavy atom. The first-order chi connectivity index (χ1) is 15.7. The van der Waals surface area contributed by atoms with Gasteiger partial charge < -0.3 is 0 Å². The smallest absolute Gasteiger partial charge is 0.264 e. The van der Waals surface area contributed by atoms with Gasteiger partial charge in [-0.15, -0.1) is 0 Å². The van der Waals surface area contributed by atoms with Gasteiger partial charge in [0.15, 0.2) is 0 Å². The standard InChI is InChI=1S/C25H26ClN3O3S/c1-18(2)21-11-9-20(10-12-21)16-27-28-25(30)17-29(23-6-4-5-22(26)15-23)33(31,32)24-13-7-19(3)8-14-24/h4-16,18H,17H2,1-3H3,(H,28,30)/b27-16-. The molecule has 0 bridgehead atoms. The molecule has 172 valence electrons. The fraction of sp³-hybridized carbons (Fsp3) is 0.200. The summed E-state index contributed by atoms with van der Waals surface area (Å²) in [5.41, 5.74) is 5.64. The van der Waals surface area contributed by atoms with Crippen LogP contribution < -0.4 is 9.73 Å². The number of halogens is 1. The molecule has 0 aromatic heterocycles. The number of benzene rings is 3. The summed E-state index contributed by atoms with van der Waals surface area (Å²) in [6.07, 6.45) is 1.51. The second-order valence-corrected chi connectivity index (χ2v) is 10.2. The van der Waals surface area contributed by atoms with Crippen molar-refractivity contribution in [3.8, 4) is 0 Å². The van der Waals surface area contributed by atoms with E-state index in [2.05, 4.69) is 24.4 Å². The molecule has 0 aliphatic rings. The van der Waals surface area contributed by atoms with E-state index in [0.717, 1.165) is 15.4 Å². The van der Waals surface area contributed by atoms with Gasteiger partial charge in [0.05, 0.1) is 16.8 Å². The molecule has 3 rings (SSSR count). The predicted molar refractivity (Wildman–Crippen MR) is 133 cm³/mol. The van der Waals surface area contributed by atoms with Crippen LogP contribution in [-0.2, 0) is 14.8 Å². The van der Waals surface area contributed by atoms with E-state index in [1.807, 2.05) is 31.2 Å². The van der Waals surface area contributed by atoms with Crippen molar-refractivity contribution in [1.29, 1.82) is 0 Å². The number of aryl methyl sites for hydroxylation is 1. The van der Waals surface area contributed by atoms with Crippen LogP contribution in [0.1, 0.15) is 36.5 Å². The van der Waals surface area contributed by atoms with Gasteiger partial charge in [0.25, 0.3) is 15.9 Å². The minimum atomic E-state index is -4.01. The lowest BCUT2D eigenvalue weighted by atomic mass is 10.0. The summed E-state index contributed by atoms with van der Waals surface area (Å²) in [6.45, 7) is 5.63. The first-order valence-electron chi connectivity index (χ1n) is 10.4. The summed E-state index contributed by atoms with van der Waals surface area (Å²) >= 11 is 6.08. The highest BCUT2D eigenvalue weighted by molar-refractivity contribution is 7.92. The molecule has 1 amide bonds. The molecule has 0 saturated heterocycles. The zero-order valence-electron chi connectivity index (χ0n) is 18.7. The lowest BCUT2D eigenvalue weighted by molar-refractivity contribution is -0.119. The minimum Gasteiger partial charge on any atom is -0.271 e. The van der Waals surface area contributed by atoms with Gasteiger partial charge in [-0.3, -0.25) is 9.10 Å². The van der Waals surface area contributed by atoms with Crippen LogP contribution >= 0.6 is 11.6 Å². The van der Waals surface area contributed by atoms with Crippen LogP contribution in [0, 0.1) is 6.92 Å². The zero-order chi connectivity index (χ0) is 24.0. The molecule has 0 spiro atoms. The summed E-state index contributed by atoms with van der Waals surface area (Å²) < 4.78 is 27.7. The lowest BCUT2D eigenvalue weighted by Crippen LogP contribution is -2.39. The Balaban J connectivity index is 1.80. The predicted octanol–water partition coefficient (Wildman–Crippen LogP) is 5.12. The second kappa shape index (κ2) is 10.6. The van der Waals surface area contributed by atoms with E-state index in [-0.39, 0.29) is 10.6 Å². The first kappa shape index (κ1) is 24.5. The molecule has 6 nitrogen and oxygen atoms in total. The van der Waals surface area contributed by atoms with Crippen LogP contribution in [0.2, 0.25) is 5.02 Å². The number of hydrogen-bond acceptors (Lipinski definition) is 4. The van der Waals surface area contributed by atoms with E-state index < -0.39 is 22.5 Å². The molecule has 1 N–H and O–H groups in total. The third kappa shape index (κ3) is 6.43. The Bertz CT molecular complexity index is 1240.